The molecule has 0 aliphatic carbocycles. The van der Waals surface area contributed by atoms with E-state index in [9.17, 15) is 13.0 Å². The number of benzene rings is 2. The minimum absolute atomic E-state index is 0.202. The van der Waals surface area contributed by atoms with Crippen LogP contribution in [0.5, 0.6) is 0 Å². The molecule has 0 atom stereocenters. The van der Waals surface area contributed by atoms with E-state index in [1.54, 1.807) is 23.3 Å². The van der Waals surface area contributed by atoms with Gasteiger partial charge >= 0.3 is 5.13 Å². The van der Waals surface area contributed by atoms with Crippen molar-refractivity contribution in [2.75, 3.05) is 25.1 Å². The molecule has 1 heterocycles. The summed E-state index contributed by atoms with van der Waals surface area (Å²) in [6.07, 6.45) is 0. The van der Waals surface area contributed by atoms with Crippen LogP contribution in [0, 0.1) is 0 Å². The molecule has 0 aliphatic rings. The Hall–Kier alpha value is -2.40. The number of aryl methyl sites for hydroxylation is 1. The average Bonchev–Trinajstić information content (AvgIpc) is 2.95. The molecule has 0 aliphatic heterocycles. The first-order valence-corrected chi connectivity index (χ1v) is 10.2. The lowest BCUT2D eigenvalue weighted by Gasteiger charge is -2.19. The molecular formula is C17H18N4O4S2. The summed E-state index contributed by atoms with van der Waals surface area (Å²) in [5.74, 6) is 0. The number of azo groups is 1. The van der Waals surface area contributed by atoms with E-state index < -0.39 is 10.4 Å². The molecule has 142 valence electrons. The van der Waals surface area contributed by atoms with E-state index >= 15 is 0 Å². The van der Waals surface area contributed by atoms with Gasteiger partial charge in [0.15, 0.2) is 0 Å². The Kier molecular flexibility index (Phi) is 5.80. The first kappa shape index (κ1) is 19.4. The highest BCUT2D eigenvalue weighted by Gasteiger charge is 2.15. The average molecular weight is 406 g/mol. The molecule has 0 saturated carbocycles. The van der Waals surface area contributed by atoms with Gasteiger partial charge in [0.1, 0.15) is 11.2 Å². The van der Waals surface area contributed by atoms with Crippen molar-refractivity contribution in [3.05, 3.63) is 48.5 Å². The third-order valence-corrected chi connectivity index (χ3v) is 5.47. The summed E-state index contributed by atoms with van der Waals surface area (Å²) in [5, 5.41) is 9.41. The van der Waals surface area contributed by atoms with Gasteiger partial charge in [-0.2, -0.15) is 0 Å². The van der Waals surface area contributed by atoms with Gasteiger partial charge in [-0.1, -0.05) is 12.1 Å². The summed E-state index contributed by atoms with van der Waals surface area (Å²) in [6.45, 7) is 0.0617. The Bertz CT molecular complexity index is 1060. The number of rotatable bonds is 7. The van der Waals surface area contributed by atoms with Gasteiger partial charge in [0.2, 0.25) is 10.4 Å². The van der Waals surface area contributed by atoms with Crippen LogP contribution in [-0.4, -0.2) is 33.2 Å². The predicted octanol–water partition coefficient (Wildman–Crippen LogP) is 3.05. The minimum Gasteiger partial charge on any atom is -0.726 e. The highest BCUT2D eigenvalue weighted by molar-refractivity contribution is 7.80. The lowest BCUT2D eigenvalue weighted by Crippen LogP contribution is -2.25. The van der Waals surface area contributed by atoms with Crippen molar-refractivity contribution >= 4 is 48.5 Å². The lowest BCUT2D eigenvalue weighted by atomic mass is 10.2. The van der Waals surface area contributed by atoms with Crippen molar-refractivity contribution in [2.24, 2.45) is 17.3 Å². The number of thiazole rings is 1. The van der Waals surface area contributed by atoms with Gasteiger partial charge in [-0.25, -0.2) is 13.0 Å². The van der Waals surface area contributed by atoms with Gasteiger partial charge in [0.05, 0.1) is 23.5 Å². The van der Waals surface area contributed by atoms with Crippen LogP contribution in [0.4, 0.5) is 16.5 Å². The van der Waals surface area contributed by atoms with Crippen LogP contribution in [0.3, 0.4) is 0 Å². The largest absolute Gasteiger partial charge is 0.726 e. The molecule has 0 amide bonds. The van der Waals surface area contributed by atoms with Crippen LogP contribution >= 0.6 is 11.3 Å². The fourth-order valence-electron chi connectivity index (χ4n) is 2.46. The number of fused-ring (bicyclic) bond motifs is 1. The Morgan fingerprint density at radius 2 is 1.85 bits per heavy atom. The molecule has 0 spiro atoms. The van der Waals surface area contributed by atoms with E-state index in [1.165, 1.54) is 0 Å². The maximum absolute atomic E-state index is 10.4. The normalized spacial score (nSPS) is 12.1. The standard InChI is InChI=1S/C17H18N4O4S2/c1-20(11-12-25-27(22,23)24)14-9-7-13(8-10-14)18-19-17-21(2)15-5-3-4-6-16(15)26-17/h3-10H,11-12H2,1-2H3. The molecular weight excluding hydrogens is 388 g/mol. The zero-order chi connectivity index (χ0) is 19.4. The molecule has 27 heavy (non-hydrogen) atoms. The molecule has 0 saturated heterocycles. The van der Waals surface area contributed by atoms with E-state index in [-0.39, 0.29) is 13.2 Å². The number of nitrogens with zero attached hydrogens (tertiary/aromatic N) is 4. The molecule has 0 bridgehead atoms. The lowest BCUT2D eigenvalue weighted by molar-refractivity contribution is -0.627. The first-order valence-electron chi connectivity index (χ1n) is 8.04. The molecule has 3 rings (SSSR count). The summed E-state index contributed by atoms with van der Waals surface area (Å²) in [5.41, 5.74) is 2.65. The van der Waals surface area contributed by atoms with Gasteiger partial charge in [0, 0.05) is 19.3 Å². The van der Waals surface area contributed by atoms with Gasteiger partial charge < -0.3 is 9.45 Å². The molecule has 0 radical (unpaired) electrons. The quantitative estimate of drug-likeness (QED) is 0.260. The molecule has 10 heteroatoms. The smallest absolute Gasteiger partial charge is 0.409 e. The van der Waals surface area contributed by atoms with Crippen molar-refractivity contribution in [3.63, 3.8) is 0 Å². The van der Waals surface area contributed by atoms with E-state index in [1.807, 2.05) is 60.1 Å². The van der Waals surface area contributed by atoms with Crippen LogP contribution in [0.1, 0.15) is 0 Å². The number of aromatic nitrogens is 1. The summed E-state index contributed by atoms with van der Waals surface area (Å²) in [7, 11) is -0.935. The maximum Gasteiger partial charge on any atom is 0.409 e. The molecule has 1 aromatic heterocycles. The Morgan fingerprint density at radius 1 is 1.15 bits per heavy atom. The zero-order valence-electron chi connectivity index (χ0n) is 14.8. The SMILES string of the molecule is CN(CCOS(=O)(=O)[O-])c1ccc(N=Nc2sc3ccccc3[n+]2C)cc1. The molecule has 8 nitrogen and oxygen atoms in total. The maximum atomic E-state index is 10.4. The fraction of sp³-hybridized carbons (Fsp3) is 0.235. The fourth-order valence-corrected chi connectivity index (χ4v) is 3.71. The van der Waals surface area contributed by atoms with E-state index in [4.69, 9.17) is 0 Å². The number of anilines is 1. The van der Waals surface area contributed by atoms with Gasteiger partial charge in [-0.05, 0) is 52.8 Å². The van der Waals surface area contributed by atoms with Crippen molar-refractivity contribution in [2.45, 2.75) is 0 Å². The van der Waals surface area contributed by atoms with Gasteiger partial charge in [-0.3, -0.25) is 4.18 Å². The third-order valence-electron chi connectivity index (χ3n) is 3.91. The van der Waals surface area contributed by atoms with E-state index in [0.717, 1.165) is 21.0 Å². The Morgan fingerprint density at radius 3 is 2.52 bits per heavy atom. The van der Waals surface area contributed by atoms with Crippen LogP contribution in [0.15, 0.2) is 58.8 Å². The van der Waals surface area contributed by atoms with Crippen LogP contribution in [0.2, 0.25) is 0 Å². The molecule has 2 aromatic carbocycles. The second-order valence-electron chi connectivity index (χ2n) is 5.78. The summed E-state index contributed by atoms with van der Waals surface area (Å²) in [4.78, 5) is 1.78. The van der Waals surface area contributed by atoms with Crippen molar-refractivity contribution in [3.8, 4) is 0 Å². The van der Waals surface area contributed by atoms with Gasteiger partial charge in [0.25, 0.3) is 0 Å². The van der Waals surface area contributed by atoms with Crippen LogP contribution < -0.4 is 9.47 Å². The predicted molar refractivity (Wildman–Crippen MR) is 103 cm³/mol. The van der Waals surface area contributed by atoms with Crippen LogP contribution in [0.25, 0.3) is 10.2 Å². The molecule has 0 fully saturated rings. The second kappa shape index (κ2) is 8.09. The molecule has 3 aromatic rings. The van der Waals surface area contributed by atoms with Crippen molar-refractivity contribution in [1.29, 1.82) is 0 Å². The van der Waals surface area contributed by atoms with Gasteiger partial charge in [-0.15, -0.1) is 0 Å². The zero-order valence-corrected chi connectivity index (χ0v) is 16.4. The summed E-state index contributed by atoms with van der Waals surface area (Å²) < 4.78 is 38.7. The number of hydrogen-bond acceptors (Lipinski definition) is 8. The topological polar surface area (TPSA) is 98.3 Å². The molecule has 0 N–H and O–H groups in total. The highest BCUT2D eigenvalue weighted by atomic mass is 32.3. The number of likely N-dealkylation sites (N-methyl/N-ethyl adjacent to an activating group) is 1. The monoisotopic (exact) mass is 406 g/mol. The summed E-state index contributed by atoms with van der Waals surface area (Å²) in [6, 6.07) is 15.4. The highest BCUT2D eigenvalue weighted by Crippen LogP contribution is 2.27. The number of para-hydroxylation sites is 1. The molecule has 0 unspecified atom stereocenters. The first-order chi connectivity index (χ1) is 12.8. The van der Waals surface area contributed by atoms with Crippen molar-refractivity contribution < 1.29 is 21.7 Å². The van der Waals surface area contributed by atoms with Crippen molar-refractivity contribution in [1.82, 2.24) is 0 Å². The van der Waals surface area contributed by atoms with E-state index in [2.05, 4.69) is 14.4 Å². The Balaban J connectivity index is 1.66. The minimum atomic E-state index is -4.66. The second-order valence-corrected chi connectivity index (χ2v) is 7.84. The Labute approximate surface area is 161 Å². The van der Waals surface area contributed by atoms with Crippen LogP contribution in [-0.2, 0) is 21.6 Å². The third kappa shape index (κ3) is 5.07. The van der Waals surface area contributed by atoms with E-state index in [0.29, 0.717) is 5.69 Å². The number of hydrogen-bond donors (Lipinski definition) is 0. The summed E-state index contributed by atoms with van der Waals surface area (Å²) >= 11 is 1.57.